The highest BCUT2D eigenvalue weighted by atomic mass is 16.4. The molecule has 2 aromatic carbocycles. The lowest BCUT2D eigenvalue weighted by Crippen LogP contribution is -2.26. The van der Waals surface area contributed by atoms with Crippen LogP contribution in [0.25, 0.3) is 11.1 Å². The van der Waals surface area contributed by atoms with E-state index in [1.54, 1.807) is 16.7 Å². The van der Waals surface area contributed by atoms with E-state index in [0.29, 0.717) is 23.9 Å². The Bertz CT molecular complexity index is 911. The van der Waals surface area contributed by atoms with Gasteiger partial charge >= 0.3 is 5.76 Å². The Kier molecular flexibility index (Phi) is 4.32. The zero-order chi connectivity index (χ0) is 17.2. The van der Waals surface area contributed by atoms with E-state index in [0.717, 1.165) is 31.4 Å². The Balaban J connectivity index is 1.43. The van der Waals surface area contributed by atoms with Crippen molar-refractivity contribution in [2.24, 2.45) is 0 Å². The van der Waals surface area contributed by atoms with E-state index < -0.39 is 0 Å². The second-order valence-corrected chi connectivity index (χ2v) is 6.63. The molecule has 1 aliphatic heterocycles. The number of rotatable bonds is 5. The Morgan fingerprint density at radius 2 is 1.88 bits per heavy atom. The minimum absolute atomic E-state index is 0.280. The van der Waals surface area contributed by atoms with Crippen molar-refractivity contribution >= 4 is 11.1 Å². The minimum atomic E-state index is -0.280. The third kappa shape index (κ3) is 3.20. The van der Waals surface area contributed by atoms with Crippen molar-refractivity contribution in [3.63, 3.8) is 0 Å². The summed E-state index contributed by atoms with van der Waals surface area (Å²) in [5.74, 6) is 0.0252. The minimum Gasteiger partial charge on any atom is -0.508 e. The number of fused-ring (bicyclic) bond motifs is 1. The van der Waals surface area contributed by atoms with Gasteiger partial charge in [0, 0.05) is 19.1 Å². The van der Waals surface area contributed by atoms with E-state index in [9.17, 15) is 9.90 Å². The number of hydrogen-bond donors (Lipinski definition) is 1. The molecule has 1 aliphatic rings. The van der Waals surface area contributed by atoms with Gasteiger partial charge in [0.05, 0.1) is 5.52 Å². The molecule has 1 atom stereocenters. The van der Waals surface area contributed by atoms with Crippen molar-refractivity contribution in [1.82, 2.24) is 9.47 Å². The molecule has 0 unspecified atom stereocenters. The smallest absolute Gasteiger partial charge is 0.419 e. The van der Waals surface area contributed by atoms with Gasteiger partial charge in [-0.25, -0.2) is 4.79 Å². The maximum absolute atomic E-state index is 12.0. The summed E-state index contributed by atoms with van der Waals surface area (Å²) in [6, 6.07) is 15.5. The molecule has 0 spiro atoms. The number of oxazole rings is 1. The van der Waals surface area contributed by atoms with Crippen LogP contribution in [0.3, 0.4) is 0 Å². The molecule has 3 aromatic rings. The standard InChI is InChI=1S/C20H22N2O3/c23-16-10-8-15(9-11-16)17-6-3-12-21(17)13-4-14-22-18-5-1-2-7-19(18)25-20(22)24/h1-2,5,7-11,17,23H,3-4,6,12-14H2/t17-/m1/s1. The van der Waals surface area contributed by atoms with Gasteiger partial charge in [-0.05, 0) is 55.6 Å². The average Bonchev–Trinajstić information content (AvgIpc) is 3.20. The fourth-order valence-electron chi connectivity index (χ4n) is 3.83. The molecule has 5 nitrogen and oxygen atoms in total. The Morgan fingerprint density at radius 3 is 2.72 bits per heavy atom. The number of phenolic OH excluding ortho intramolecular Hbond substituents is 1. The number of nitrogens with zero attached hydrogens (tertiary/aromatic N) is 2. The molecule has 5 heteroatoms. The fraction of sp³-hybridized carbons (Fsp3) is 0.350. The largest absolute Gasteiger partial charge is 0.508 e. The summed E-state index contributed by atoms with van der Waals surface area (Å²) in [4.78, 5) is 14.5. The first kappa shape index (κ1) is 16.0. The number of benzene rings is 2. The Labute approximate surface area is 146 Å². The number of phenols is 1. The lowest BCUT2D eigenvalue weighted by atomic mass is 10.0. The van der Waals surface area contributed by atoms with E-state index in [1.807, 2.05) is 36.4 Å². The summed E-state index contributed by atoms with van der Waals surface area (Å²) in [7, 11) is 0. The number of para-hydroxylation sites is 2. The Morgan fingerprint density at radius 1 is 1.08 bits per heavy atom. The third-order valence-corrected chi connectivity index (χ3v) is 5.04. The molecule has 1 fully saturated rings. The number of aromatic nitrogens is 1. The summed E-state index contributed by atoms with van der Waals surface area (Å²) < 4.78 is 7.02. The highest BCUT2D eigenvalue weighted by Crippen LogP contribution is 2.32. The van der Waals surface area contributed by atoms with Crippen molar-refractivity contribution in [2.45, 2.75) is 31.8 Å². The lowest BCUT2D eigenvalue weighted by molar-refractivity contribution is 0.248. The van der Waals surface area contributed by atoms with Gasteiger partial charge in [0.25, 0.3) is 0 Å². The molecule has 0 aliphatic carbocycles. The Hall–Kier alpha value is -2.53. The SMILES string of the molecule is O=c1oc2ccccc2n1CCCN1CCC[C@@H]1c1ccc(O)cc1. The van der Waals surface area contributed by atoms with Gasteiger partial charge in [-0.1, -0.05) is 24.3 Å². The third-order valence-electron chi connectivity index (χ3n) is 5.04. The van der Waals surface area contributed by atoms with Crippen molar-refractivity contribution in [2.75, 3.05) is 13.1 Å². The van der Waals surface area contributed by atoms with Gasteiger partial charge in [0.2, 0.25) is 0 Å². The maximum atomic E-state index is 12.0. The highest BCUT2D eigenvalue weighted by Gasteiger charge is 2.25. The van der Waals surface area contributed by atoms with Gasteiger partial charge in [-0.3, -0.25) is 9.47 Å². The van der Waals surface area contributed by atoms with Crippen molar-refractivity contribution in [3.05, 3.63) is 64.6 Å². The number of hydrogen-bond acceptors (Lipinski definition) is 4. The monoisotopic (exact) mass is 338 g/mol. The summed E-state index contributed by atoms with van der Waals surface area (Å²) in [6.07, 6.45) is 3.22. The topological polar surface area (TPSA) is 58.6 Å². The number of aryl methyl sites for hydroxylation is 1. The highest BCUT2D eigenvalue weighted by molar-refractivity contribution is 5.72. The molecule has 1 N–H and O–H groups in total. The normalized spacial score (nSPS) is 18.2. The zero-order valence-corrected chi connectivity index (χ0v) is 14.1. The first-order chi connectivity index (χ1) is 12.2. The van der Waals surface area contributed by atoms with Crippen LogP contribution in [0.2, 0.25) is 0 Å². The lowest BCUT2D eigenvalue weighted by Gasteiger charge is -2.24. The molecule has 25 heavy (non-hydrogen) atoms. The molecule has 1 aromatic heterocycles. The van der Waals surface area contributed by atoms with Crippen molar-refractivity contribution in [1.29, 1.82) is 0 Å². The first-order valence-corrected chi connectivity index (χ1v) is 8.84. The van der Waals surface area contributed by atoms with E-state index in [4.69, 9.17) is 4.42 Å². The summed E-state index contributed by atoms with van der Waals surface area (Å²) in [5, 5.41) is 9.47. The zero-order valence-electron chi connectivity index (χ0n) is 14.1. The van der Waals surface area contributed by atoms with Crippen LogP contribution in [-0.2, 0) is 6.54 Å². The molecule has 130 valence electrons. The molecule has 0 bridgehead atoms. The average molecular weight is 338 g/mol. The molecule has 0 radical (unpaired) electrons. The molecule has 2 heterocycles. The second kappa shape index (κ2) is 6.76. The quantitative estimate of drug-likeness (QED) is 0.773. The van der Waals surface area contributed by atoms with Gasteiger partial charge in [-0.15, -0.1) is 0 Å². The van der Waals surface area contributed by atoms with Crippen LogP contribution in [-0.4, -0.2) is 27.7 Å². The summed E-state index contributed by atoms with van der Waals surface area (Å²) in [5.41, 5.74) is 2.76. The molecule has 0 saturated carbocycles. The predicted molar refractivity (Wildman–Crippen MR) is 96.7 cm³/mol. The van der Waals surface area contributed by atoms with Gasteiger partial charge in [0.1, 0.15) is 5.75 Å². The van der Waals surface area contributed by atoms with Crippen LogP contribution in [0.5, 0.6) is 5.75 Å². The van der Waals surface area contributed by atoms with Crippen LogP contribution in [0.15, 0.2) is 57.7 Å². The first-order valence-electron chi connectivity index (χ1n) is 8.84. The van der Waals surface area contributed by atoms with E-state index in [-0.39, 0.29) is 5.76 Å². The van der Waals surface area contributed by atoms with Gasteiger partial charge < -0.3 is 9.52 Å². The van der Waals surface area contributed by atoms with Crippen LogP contribution in [0.4, 0.5) is 0 Å². The van der Waals surface area contributed by atoms with Crippen LogP contribution in [0.1, 0.15) is 30.9 Å². The van der Waals surface area contributed by atoms with Gasteiger partial charge in [-0.2, -0.15) is 0 Å². The van der Waals surface area contributed by atoms with Crippen molar-refractivity contribution in [3.8, 4) is 5.75 Å². The van der Waals surface area contributed by atoms with E-state index in [2.05, 4.69) is 4.90 Å². The van der Waals surface area contributed by atoms with E-state index >= 15 is 0 Å². The molecular weight excluding hydrogens is 316 g/mol. The predicted octanol–water partition coefficient (Wildman–Crippen LogP) is 3.53. The number of aromatic hydroxyl groups is 1. The fourth-order valence-corrected chi connectivity index (χ4v) is 3.83. The van der Waals surface area contributed by atoms with Gasteiger partial charge in [0.15, 0.2) is 5.58 Å². The summed E-state index contributed by atoms with van der Waals surface area (Å²) in [6.45, 7) is 2.68. The molecule has 0 amide bonds. The summed E-state index contributed by atoms with van der Waals surface area (Å²) >= 11 is 0. The second-order valence-electron chi connectivity index (χ2n) is 6.63. The number of likely N-dealkylation sites (tertiary alicyclic amines) is 1. The molecular formula is C20H22N2O3. The maximum Gasteiger partial charge on any atom is 0.419 e. The molecule has 1 saturated heterocycles. The van der Waals surface area contributed by atoms with Crippen molar-refractivity contribution < 1.29 is 9.52 Å². The molecule has 4 rings (SSSR count). The van der Waals surface area contributed by atoms with Crippen LogP contribution >= 0.6 is 0 Å². The van der Waals surface area contributed by atoms with E-state index in [1.165, 1.54) is 12.0 Å². The van der Waals surface area contributed by atoms with Crippen LogP contribution < -0.4 is 5.76 Å². The van der Waals surface area contributed by atoms with Crippen LogP contribution in [0, 0.1) is 0 Å².